The lowest BCUT2D eigenvalue weighted by Crippen LogP contribution is -2.49. The molecule has 0 spiro atoms. The summed E-state index contributed by atoms with van der Waals surface area (Å²) in [5.41, 5.74) is 1.93. The van der Waals surface area contributed by atoms with Crippen molar-refractivity contribution in [3.8, 4) is 0 Å². The SMILES string of the molecule is COC(=O)c1cccc(NC(=O)CC(=O)N2CCN(c3ccccc3)CC2)c1. The molecule has 7 heteroatoms. The quantitative estimate of drug-likeness (QED) is 0.634. The van der Waals surface area contributed by atoms with Crippen molar-refractivity contribution >= 4 is 29.2 Å². The van der Waals surface area contributed by atoms with E-state index in [0.717, 1.165) is 18.8 Å². The van der Waals surface area contributed by atoms with Crippen LogP contribution in [0, 0.1) is 0 Å². The van der Waals surface area contributed by atoms with E-state index in [1.165, 1.54) is 13.2 Å². The van der Waals surface area contributed by atoms with Crippen LogP contribution in [-0.4, -0.2) is 56.0 Å². The average Bonchev–Trinajstić information content (AvgIpc) is 2.74. The fourth-order valence-electron chi connectivity index (χ4n) is 3.15. The van der Waals surface area contributed by atoms with Crippen molar-refractivity contribution in [3.63, 3.8) is 0 Å². The Kier molecular flexibility index (Phi) is 6.26. The number of para-hydroxylation sites is 1. The number of rotatable bonds is 5. The number of anilines is 2. The van der Waals surface area contributed by atoms with Crippen molar-refractivity contribution in [2.75, 3.05) is 43.5 Å². The Morgan fingerprint density at radius 1 is 0.964 bits per heavy atom. The molecule has 0 aliphatic carbocycles. The van der Waals surface area contributed by atoms with Crippen LogP contribution >= 0.6 is 0 Å². The van der Waals surface area contributed by atoms with E-state index in [9.17, 15) is 14.4 Å². The molecule has 2 aromatic rings. The van der Waals surface area contributed by atoms with Gasteiger partial charge in [0.1, 0.15) is 6.42 Å². The monoisotopic (exact) mass is 381 g/mol. The van der Waals surface area contributed by atoms with Gasteiger partial charge in [-0.15, -0.1) is 0 Å². The number of ether oxygens (including phenoxy) is 1. The van der Waals surface area contributed by atoms with Crippen LogP contribution in [0.15, 0.2) is 54.6 Å². The highest BCUT2D eigenvalue weighted by Gasteiger charge is 2.23. The second-order valence-corrected chi connectivity index (χ2v) is 6.50. The minimum absolute atomic E-state index is 0.200. The van der Waals surface area contributed by atoms with E-state index < -0.39 is 11.9 Å². The van der Waals surface area contributed by atoms with Gasteiger partial charge < -0.3 is 19.9 Å². The topological polar surface area (TPSA) is 78.9 Å². The van der Waals surface area contributed by atoms with Crippen LogP contribution in [0.4, 0.5) is 11.4 Å². The molecular formula is C21H23N3O4. The summed E-state index contributed by atoms with van der Waals surface area (Å²) >= 11 is 0. The highest BCUT2D eigenvalue weighted by atomic mass is 16.5. The molecule has 1 fully saturated rings. The molecule has 28 heavy (non-hydrogen) atoms. The Bertz CT molecular complexity index is 846. The molecule has 1 N–H and O–H groups in total. The van der Waals surface area contributed by atoms with E-state index in [1.807, 2.05) is 30.3 Å². The summed E-state index contributed by atoms with van der Waals surface area (Å²) in [6, 6.07) is 16.5. The summed E-state index contributed by atoms with van der Waals surface area (Å²) in [6.45, 7) is 2.63. The van der Waals surface area contributed by atoms with E-state index in [-0.39, 0.29) is 12.3 Å². The molecule has 3 rings (SSSR count). The molecule has 146 valence electrons. The van der Waals surface area contributed by atoms with Crippen molar-refractivity contribution in [1.82, 2.24) is 4.90 Å². The van der Waals surface area contributed by atoms with Crippen molar-refractivity contribution in [3.05, 3.63) is 60.2 Å². The van der Waals surface area contributed by atoms with Gasteiger partial charge in [-0.1, -0.05) is 24.3 Å². The lowest BCUT2D eigenvalue weighted by Gasteiger charge is -2.36. The third-order valence-electron chi connectivity index (χ3n) is 4.63. The van der Waals surface area contributed by atoms with E-state index in [4.69, 9.17) is 0 Å². The summed E-state index contributed by atoms with van der Waals surface area (Å²) in [5, 5.41) is 2.66. The standard InChI is InChI=1S/C21H23N3O4/c1-28-21(27)16-6-5-7-17(14-16)22-19(25)15-20(26)24-12-10-23(11-13-24)18-8-3-2-4-9-18/h2-9,14H,10-13,15H2,1H3,(H,22,25). The molecule has 1 saturated heterocycles. The van der Waals surface area contributed by atoms with Crippen LogP contribution in [-0.2, 0) is 14.3 Å². The van der Waals surface area contributed by atoms with Crippen molar-refractivity contribution in [2.24, 2.45) is 0 Å². The first kappa shape index (κ1) is 19.4. The number of esters is 1. The number of nitrogens with zero attached hydrogens (tertiary/aromatic N) is 2. The van der Waals surface area contributed by atoms with Gasteiger partial charge in [-0.25, -0.2) is 4.79 Å². The van der Waals surface area contributed by atoms with Crippen molar-refractivity contribution in [1.29, 1.82) is 0 Å². The molecule has 1 aliphatic heterocycles. The van der Waals surface area contributed by atoms with Gasteiger partial charge in [-0.05, 0) is 30.3 Å². The number of amides is 2. The third-order valence-corrected chi connectivity index (χ3v) is 4.63. The normalized spacial score (nSPS) is 13.8. The fourth-order valence-corrected chi connectivity index (χ4v) is 3.15. The first-order chi connectivity index (χ1) is 13.6. The zero-order chi connectivity index (χ0) is 19.9. The van der Waals surface area contributed by atoms with Gasteiger partial charge in [-0.3, -0.25) is 9.59 Å². The predicted octanol–water partition coefficient (Wildman–Crippen LogP) is 2.15. The maximum Gasteiger partial charge on any atom is 0.337 e. The summed E-state index contributed by atoms with van der Waals surface area (Å²) in [6.07, 6.45) is -0.228. The molecule has 1 heterocycles. The molecule has 2 amide bonds. The number of carbonyl (C=O) groups excluding carboxylic acids is 3. The average molecular weight is 381 g/mol. The zero-order valence-corrected chi connectivity index (χ0v) is 15.8. The largest absolute Gasteiger partial charge is 0.465 e. The predicted molar refractivity (Wildman–Crippen MR) is 106 cm³/mol. The van der Waals surface area contributed by atoms with Gasteiger partial charge >= 0.3 is 5.97 Å². The Hall–Kier alpha value is -3.35. The van der Waals surface area contributed by atoms with Gasteiger partial charge in [0.25, 0.3) is 0 Å². The maximum atomic E-state index is 12.4. The zero-order valence-electron chi connectivity index (χ0n) is 15.8. The molecule has 0 radical (unpaired) electrons. The summed E-state index contributed by atoms with van der Waals surface area (Å²) < 4.78 is 4.66. The van der Waals surface area contributed by atoms with Crippen LogP contribution < -0.4 is 10.2 Å². The molecule has 2 aromatic carbocycles. The molecule has 1 aliphatic rings. The fraction of sp³-hybridized carbons (Fsp3) is 0.286. The first-order valence-corrected chi connectivity index (χ1v) is 9.13. The number of hydrogen-bond donors (Lipinski definition) is 1. The summed E-state index contributed by atoms with van der Waals surface area (Å²) in [4.78, 5) is 40.2. The van der Waals surface area contributed by atoms with Crippen LogP contribution in [0.1, 0.15) is 16.8 Å². The Morgan fingerprint density at radius 3 is 2.36 bits per heavy atom. The minimum Gasteiger partial charge on any atom is -0.465 e. The van der Waals surface area contributed by atoms with E-state index in [2.05, 4.69) is 15.0 Å². The molecular weight excluding hydrogens is 358 g/mol. The summed E-state index contributed by atoms with van der Waals surface area (Å²) in [5.74, 6) is -1.09. The number of carbonyl (C=O) groups is 3. The highest BCUT2D eigenvalue weighted by molar-refractivity contribution is 6.04. The Morgan fingerprint density at radius 2 is 1.68 bits per heavy atom. The number of nitrogens with one attached hydrogen (secondary N) is 1. The van der Waals surface area contributed by atoms with Crippen LogP contribution in [0.5, 0.6) is 0 Å². The van der Waals surface area contributed by atoms with Gasteiger partial charge in [-0.2, -0.15) is 0 Å². The van der Waals surface area contributed by atoms with Crippen LogP contribution in [0.2, 0.25) is 0 Å². The Balaban J connectivity index is 1.50. The van der Waals surface area contributed by atoms with Crippen LogP contribution in [0.25, 0.3) is 0 Å². The molecule has 7 nitrogen and oxygen atoms in total. The van der Waals surface area contributed by atoms with Gasteiger partial charge in [0.05, 0.1) is 12.7 Å². The van der Waals surface area contributed by atoms with Crippen LogP contribution in [0.3, 0.4) is 0 Å². The number of benzene rings is 2. The lowest BCUT2D eigenvalue weighted by atomic mass is 10.2. The van der Waals surface area contributed by atoms with E-state index in [1.54, 1.807) is 23.1 Å². The first-order valence-electron chi connectivity index (χ1n) is 9.13. The Labute approximate surface area is 163 Å². The maximum absolute atomic E-state index is 12.4. The molecule has 0 unspecified atom stereocenters. The number of methoxy groups -OCH3 is 1. The highest BCUT2D eigenvalue weighted by Crippen LogP contribution is 2.16. The second-order valence-electron chi connectivity index (χ2n) is 6.50. The molecule has 0 saturated carbocycles. The molecule has 0 aromatic heterocycles. The van der Waals surface area contributed by atoms with E-state index in [0.29, 0.717) is 24.3 Å². The van der Waals surface area contributed by atoms with Crippen molar-refractivity contribution in [2.45, 2.75) is 6.42 Å². The lowest BCUT2D eigenvalue weighted by molar-refractivity contribution is -0.134. The third kappa shape index (κ3) is 4.88. The number of piperazine rings is 1. The van der Waals surface area contributed by atoms with Gasteiger partial charge in [0.15, 0.2) is 0 Å². The van der Waals surface area contributed by atoms with Crippen molar-refractivity contribution < 1.29 is 19.1 Å². The van der Waals surface area contributed by atoms with E-state index >= 15 is 0 Å². The van der Waals surface area contributed by atoms with Gasteiger partial charge in [0.2, 0.25) is 11.8 Å². The second kappa shape index (κ2) is 9.03. The smallest absolute Gasteiger partial charge is 0.337 e. The number of hydrogen-bond acceptors (Lipinski definition) is 5. The molecule has 0 bridgehead atoms. The minimum atomic E-state index is -0.483. The van der Waals surface area contributed by atoms with Gasteiger partial charge in [0, 0.05) is 37.6 Å². The molecule has 0 atom stereocenters. The summed E-state index contributed by atoms with van der Waals surface area (Å²) in [7, 11) is 1.30.